The van der Waals surface area contributed by atoms with Crippen molar-refractivity contribution in [2.45, 2.75) is 39.2 Å². The van der Waals surface area contributed by atoms with Gasteiger partial charge in [0.15, 0.2) is 0 Å². The second-order valence-electron chi connectivity index (χ2n) is 4.53. The molecule has 0 aromatic heterocycles. The summed E-state index contributed by atoms with van der Waals surface area (Å²) >= 11 is 12.2. The molecule has 1 atom stereocenters. The smallest absolute Gasteiger partial charge is 0.0466 e. The second-order valence-corrected chi connectivity index (χ2v) is 5.38. The monoisotopic (exact) mass is 303 g/mol. The van der Waals surface area contributed by atoms with Crippen LogP contribution in [0.4, 0.5) is 0 Å². The zero-order valence-corrected chi connectivity index (χ0v) is 13.2. The highest BCUT2D eigenvalue weighted by molar-refractivity contribution is 6.33. The average Bonchev–Trinajstić information content (AvgIpc) is 2.39. The molecule has 19 heavy (non-hydrogen) atoms. The molecule has 1 rings (SSSR count). The molecule has 0 amide bonds. The molecule has 0 aliphatic carbocycles. The normalized spacial score (nSPS) is 12.6. The molecule has 1 N–H and O–H groups in total. The first-order valence-electron chi connectivity index (χ1n) is 6.92. The van der Waals surface area contributed by atoms with Gasteiger partial charge in [0.05, 0.1) is 0 Å². The molecule has 0 fully saturated rings. The fraction of sp³-hybridized carbons (Fsp3) is 0.600. The van der Waals surface area contributed by atoms with Crippen LogP contribution in [0.3, 0.4) is 0 Å². The van der Waals surface area contributed by atoms with Crippen LogP contribution < -0.4 is 5.32 Å². The Bertz CT molecular complexity index is 371. The lowest BCUT2D eigenvalue weighted by atomic mass is 10.0. The number of halogens is 2. The van der Waals surface area contributed by atoms with E-state index in [0.717, 1.165) is 54.6 Å². The minimum absolute atomic E-state index is 0.418. The van der Waals surface area contributed by atoms with Gasteiger partial charge in [-0.05, 0) is 56.5 Å². The lowest BCUT2D eigenvalue weighted by molar-refractivity contribution is 0.141. The van der Waals surface area contributed by atoms with Gasteiger partial charge in [0.1, 0.15) is 0 Å². The third-order valence-electron chi connectivity index (χ3n) is 3.01. The summed E-state index contributed by atoms with van der Waals surface area (Å²) in [5.74, 6) is 0. The first-order chi connectivity index (χ1) is 9.17. The second kappa shape index (κ2) is 9.60. The van der Waals surface area contributed by atoms with Gasteiger partial charge < -0.3 is 10.1 Å². The number of hydrogen-bond donors (Lipinski definition) is 1. The Balaban J connectivity index is 2.54. The molecule has 0 aliphatic heterocycles. The van der Waals surface area contributed by atoms with Crippen LogP contribution in [0.5, 0.6) is 0 Å². The van der Waals surface area contributed by atoms with E-state index in [2.05, 4.69) is 12.2 Å². The predicted molar refractivity (Wildman–Crippen MR) is 83.4 cm³/mol. The Morgan fingerprint density at radius 3 is 2.74 bits per heavy atom. The van der Waals surface area contributed by atoms with Crippen LogP contribution >= 0.6 is 23.2 Å². The van der Waals surface area contributed by atoms with Crippen molar-refractivity contribution in [1.82, 2.24) is 5.32 Å². The van der Waals surface area contributed by atoms with Crippen molar-refractivity contribution < 1.29 is 4.74 Å². The van der Waals surface area contributed by atoms with Crippen LogP contribution in [0.25, 0.3) is 0 Å². The molecule has 0 saturated carbocycles. The summed E-state index contributed by atoms with van der Waals surface area (Å²) < 4.78 is 5.38. The molecule has 0 aliphatic rings. The summed E-state index contributed by atoms with van der Waals surface area (Å²) in [6, 6.07) is 6.06. The van der Waals surface area contributed by atoms with Crippen molar-refractivity contribution in [2.24, 2.45) is 0 Å². The van der Waals surface area contributed by atoms with E-state index in [0.29, 0.717) is 6.04 Å². The molecular weight excluding hydrogens is 281 g/mol. The maximum atomic E-state index is 6.21. The summed E-state index contributed by atoms with van der Waals surface area (Å²) in [6.45, 7) is 6.70. The minimum Gasteiger partial charge on any atom is -0.382 e. The Hall–Kier alpha value is -0.280. The van der Waals surface area contributed by atoms with Crippen molar-refractivity contribution in [2.75, 3.05) is 19.8 Å². The Morgan fingerprint density at radius 2 is 2.05 bits per heavy atom. The van der Waals surface area contributed by atoms with E-state index in [9.17, 15) is 0 Å². The van der Waals surface area contributed by atoms with Crippen molar-refractivity contribution in [3.63, 3.8) is 0 Å². The van der Waals surface area contributed by atoms with Gasteiger partial charge in [-0.25, -0.2) is 0 Å². The first kappa shape index (κ1) is 16.8. The summed E-state index contributed by atoms with van der Waals surface area (Å²) in [5, 5.41) is 5.03. The number of hydrogen-bond acceptors (Lipinski definition) is 2. The minimum atomic E-state index is 0.418. The van der Waals surface area contributed by atoms with Crippen LogP contribution in [0.15, 0.2) is 18.2 Å². The summed E-state index contributed by atoms with van der Waals surface area (Å²) in [6.07, 6.45) is 3.04. The van der Waals surface area contributed by atoms with Gasteiger partial charge in [0.2, 0.25) is 0 Å². The third kappa shape index (κ3) is 6.62. The van der Waals surface area contributed by atoms with Crippen molar-refractivity contribution in [3.05, 3.63) is 33.8 Å². The average molecular weight is 304 g/mol. The molecule has 2 nitrogen and oxygen atoms in total. The third-order valence-corrected chi connectivity index (χ3v) is 3.62. The van der Waals surface area contributed by atoms with E-state index in [1.165, 1.54) is 0 Å². The Kier molecular flexibility index (Phi) is 8.47. The lowest BCUT2D eigenvalue weighted by Gasteiger charge is -2.18. The Morgan fingerprint density at radius 1 is 1.26 bits per heavy atom. The van der Waals surface area contributed by atoms with Crippen LogP contribution in [-0.4, -0.2) is 25.8 Å². The number of nitrogens with one attached hydrogen (secondary N) is 1. The quantitative estimate of drug-likeness (QED) is 0.686. The zero-order valence-electron chi connectivity index (χ0n) is 11.7. The van der Waals surface area contributed by atoms with E-state index < -0.39 is 0 Å². The molecule has 4 heteroatoms. The molecule has 0 radical (unpaired) electrons. The molecule has 0 heterocycles. The van der Waals surface area contributed by atoms with Gasteiger partial charge in [-0.15, -0.1) is 0 Å². The Labute approximate surface area is 126 Å². The fourth-order valence-electron chi connectivity index (χ4n) is 2.11. The maximum Gasteiger partial charge on any atom is 0.0466 e. The number of rotatable bonds is 9. The molecule has 1 unspecified atom stereocenters. The van der Waals surface area contributed by atoms with Crippen LogP contribution in [0, 0.1) is 0 Å². The number of benzene rings is 1. The highest BCUT2D eigenvalue weighted by Gasteiger charge is 2.11. The van der Waals surface area contributed by atoms with Gasteiger partial charge in [-0.3, -0.25) is 0 Å². The summed E-state index contributed by atoms with van der Waals surface area (Å²) in [5.41, 5.74) is 1.11. The first-order valence-corrected chi connectivity index (χ1v) is 7.68. The molecule has 0 bridgehead atoms. The van der Waals surface area contributed by atoms with Gasteiger partial charge in [0.25, 0.3) is 0 Å². The largest absolute Gasteiger partial charge is 0.382 e. The summed E-state index contributed by atoms with van der Waals surface area (Å²) in [7, 11) is 0. The van der Waals surface area contributed by atoms with E-state index in [-0.39, 0.29) is 0 Å². The van der Waals surface area contributed by atoms with Crippen molar-refractivity contribution >= 4 is 23.2 Å². The van der Waals surface area contributed by atoms with E-state index in [1.54, 1.807) is 0 Å². The number of ether oxygens (including phenoxy) is 1. The number of likely N-dealkylation sites (N-methyl/N-ethyl adjacent to an activating group) is 1. The van der Waals surface area contributed by atoms with E-state index in [4.69, 9.17) is 27.9 Å². The topological polar surface area (TPSA) is 21.3 Å². The summed E-state index contributed by atoms with van der Waals surface area (Å²) in [4.78, 5) is 0. The molecule has 1 aromatic rings. The van der Waals surface area contributed by atoms with Gasteiger partial charge in [-0.2, -0.15) is 0 Å². The van der Waals surface area contributed by atoms with Crippen LogP contribution in [0.2, 0.25) is 10.0 Å². The standard InChI is InChI=1S/C15H23Cl2NO/c1-3-18-14(6-5-9-19-4-2)11-12-10-13(16)7-8-15(12)17/h7-8,10,14,18H,3-6,9,11H2,1-2H3. The highest BCUT2D eigenvalue weighted by atomic mass is 35.5. The van der Waals surface area contributed by atoms with E-state index >= 15 is 0 Å². The van der Waals surface area contributed by atoms with E-state index in [1.807, 2.05) is 25.1 Å². The fourth-order valence-corrected chi connectivity index (χ4v) is 2.50. The van der Waals surface area contributed by atoms with Crippen LogP contribution in [-0.2, 0) is 11.2 Å². The SMILES string of the molecule is CCNC(CCCOCC)Cc1cc(Cl)ccc1Cl. The zero-order chi connectivity index (χ0) is 14.1. The highest BCUT2D eigenvalue weighted by Crippen LogP contribution is 2.22. The lowest BCUT2D eigenvalue weighted by Crippen LogP contribution is -2.31. The van der Waals surface area contributed by atoms with Gasteiger partial charge in [0, 0.05) is 29.3 Å². The van der Waals surface area contributed by atoms with Crippen LogP contribution in [0.1, 0.15) is 32.3 Å². The molecular formula is C15H23Cl2NO. The predicted octanol–water partition coefficient (Wildman–Crippen LogP) is 4.33. The molecule has 1 aromatic carbocycles. The maximum absolute atomic E-state index is 6.21. The van der Waals surface area contributed by atoms with Gasteiger partial charge in [-0.1, -0.05) is 30.1 Å². The molecule has 0 spiro atoms. The molecule has 108 valence electrons. The molecule has 0 saturated heterocycles. The van der Waals surface area contributed by atoms with Crippen molar-refractivity contribution in [1.29, 1.82) is 0 Å². The van der Waals surface area contributed by atoms with Gasteiger partial charge >= 0.3 is 0 Å². The van der Waals surface area contributed by atoms with Crippen molar-refractivity contribution in [3.8, 4) is 0 Å².